The Morgan fingerprint density at radius 3 is 2.48 bits per heavy atom. The number of alkyl halides is 3. The second-order valence-electron chi connectivity index (χ2n) is 6.21. The van der Waals surface area contributed by atoms with Gasteiger partial charge in [-0.1, -0.05) is 0 Å². The van der Waals surface area contributed by atoms with Gasteiger partial charge in [0.25, 0.3) is 5.56 Å². The van der Waals surface area contributed by atoms with Crippen molar-refractivity contribution in [3.05, 3.63) is 46.5 Å². The first-order chi connectivity index (χ1) is 12.8. The third-order valence-corrected chi connectivity index (χ3v) is 4.16. The zero-order valence-electron chi connectivity index (χ0n) is 14.4. The molecule has 1 amide bonds. The fourth-order valence-electron chi connectivity index (χ4n) is 2.82. The van der Waals surface area contributed by atoms with Crippen molar-refractivity contribution in [2.24, 2.45) is 0 Å². The summed E-state index contributed by atoms with van der Waals surface area (Å²) in [6, 6.07) is 4.86. The van der Waals surface area contributed by atoms with Crippen LogP contribution in [-0.4, -0.2) is 33.8 Å². The number of anilines is 2. The van der Waals surface area contributed by atoms with Gasteiger partial charge in [-0.3, -0.25) is 9.59 Å². The van der Waals surface area contributed by atoms with Crippen LogP contribution >= 0.6 is 0 Å². The molecular weight excluding hydrogens is 363 g/mol. The monoisotopic (exact) mass is 381 g/mol. The number of nitrogens with one attached hydrogen (secondary N) is 1. The van der Waals surface area contributed by atoms with Crippen LogP contribution in [0.2, 0.25) is 0 Å². The Bertz CT molecular complexity index is 858. The maximum Gasteiger partial charge on any atom is 0.433 e. The number of amides is 1. The Morgan fingerprint density at radius 1 is 1.11 bits per heavy atom. The number of hydrogen-bond acceptors (Lipinski definition) is 5. The van der Waals surface area contributed by atoms with E-state index in [1.54, 1.807) is 6.07 Å². The van der Waals surface area contributed by atoms with E-state index in [1.807, 2.05) is 0 Å². The SMILES string of the molecule is O=C(Cn1nc(N2CCCCC2)ccc1=O)Nc1ccc(C(F)(F)F)nc1. The molecule has 0 unspecified atom stereocenters. The summed E-state index contributed by atoms with van der Waals surface area (Å²) in [6.07, 6.45) is -0.389. The summed E-state index contributed by atoms with van der Waals surface area (Å²) in [5.41, 5.74) is -1.38. The van der Waals surface area contributed by atoms with Gasteiger partial charge in [0.2, 0.25) is 5.91 Å². The van der Waals surface area contributed by atoms with Crippen LogP contribution in [0.5, 0.6) is 0 Å². The van der Waals surface area contributed by atoms with E-state index in [0.29, 0.717) is 5.82 Å². The van der Waals surface area contributed by atoms with Crippen LogP contribution in [0.4, 0.5) is 24.7 Å². The molecule has 1 aliphatic rings. The quantitative estimate of drug-likeness (QED) is 0.879. The number of carbonyl (C=O) groups excluding carboxylic acids is 1. The Morgan fingerprint density at radius 2 is 1.85 bits per heavy atom. The second kappa shape index (κ2) is 7.77. The van der Waals surface area contributed by atoms with Crippen molar-refractivity contribution in [3.63, 3.8) is 0 Å². The summed E-state index contributed by atoms with van der Waals surface area (Å²) in [7, 11) is 0. The largest absolute Gasteiger partial charge is 0.433 e. The maximum atomic E-state index is 12.5. The van der Waals surface area contributed by atoms with E-state index >= 15 is 0 Å². The topological polar surface area (TPSA) is 80.1 Å². The van der Waals surface area contributed by atoms with E-state index in [2.05, 4.69) is 20.3 Å². The van der Waals surface area contributed by atoms with Crippen molar-refractivity contribution in [1.29, 1.82) is 0 Å². The van der Waals surface area contributed by atoms with E-state index in [9.17, 15) is 22.8 Å². The van der Waals surface area contributed by atoms with Crippen molar-refractivity contribution >= 4 is 17.4 Å². The van der Waals surface area contributed by atoms with E-state index in [-0.39, 0.29) is 12.2 Å². The molecule has 1 N–H and O–H groups in total. The lowest BCUT2D eigenvalue weighted by atomic mass is 10.1. The molecular formula is C17H18F3N5O2. The Kier molecular flexibility index (Phi) is 5.43. The first-order valence-corrected chi connectivity index (χ1v) is 8.49. The third kappa shape index (κ3) is 4.83. The highest BCUT2D eigenvalue weighted by atomic mass is 19.4. The van der Waals surface area contributed by atoms with Gasteiger partial charge in [0.1, 0.15) is 18.1 Å². The van der Waals surface area contributed by atoms with Gasteiger partial charge in [0.05, 0.1) is 11.9 Å². The van der Waals surface area contributed by atoms with Crippen LogP contribution in [-0.2, 0) is 17.5 Å². The summed E-state index contributed by atoms with van der Waals surface area (Å²) in [4.78, 5) is 29.4. The molecule has 3 rings (SSSR count). The maximum absolute atomic E-state index is 12.5. The number of aromatic nitrogens is 3. The first-order valence-electron chi connectivity index (χ1n) is 8.49. The first kappa shape index (κ1) is 18.9. The lowest BCUT2D eigenvalue weighted by Crippen LogP contribution is -2.34. The van der Waals surface area contributed by atoms with Crippen molar-refractivity contribution < 1.29 is 18.0 Å². The molecule has 0 radical (unpaired) electrons. The van der Waals surface area contributed by atoms with Crippen LogP contribution in [0.3, 0.4) is 0 Å². The van der Waals surface area contributed by atoms with Gasteiger partial charge in [-0.2, -0.15) is 18.3 Å². The fourth-order valence-corrected chi connectivity index (χ4v) is 2.82. The normalized spacial score (nSPS) is 14.9. The van der Waals surface area contributed by atoms with Gasteiger partial charge < -0.3 is 10.2 Å². The third-order valence-electron chi connectivity index (χ3n) is 4.16. The number of halogens is 3. The van der Waals surface area contributed by atoms with Crippen LogP contribution in [0.1, 0.15) is 25.0 Å². The minimum Gasteiger partial charge on any atom is -0.355 e. The Balaban J connectivity index is 1.67. The molecule has 7 nitrogen and oxygen atoms in total. The lowest BCUT2D eigenvalue weighted by molar-refractivity contribution is -0.141. The molecule has 0 saturated carbocycles. The van der Waals surface area contributed by atoms with Crippen LogP contribution in [0.25, 0.3) is 0 Å². The lowest BCUT2D eigenvalue weighted by Gasteiger charge is -2.27. The highest BCUT2D eigenvalue weighted by molar-refractivity contribution is 5.90. The minimum atomic E-state index is -4.55. The van der Waals surface area contributed by atoms with Gasteiger partial charge in [-0.25, -0.2) is 9.67 Å². The van der Waals surface area contributed by atoms with Crippen LogP contribution in [0.15, 0.2) is 35.3 Å². The average Bonchev–Trinajstić information content (AvgIpc) is 2.64. The zero-order chi connectivity index (χ0) is 19.4. The summed E-state index contributed by atoms with van der Waals surface area (Å²) in [5.74, 6) is 0.0419. The standard InChI is InChI=1S/C17H18F3N5O2/c18-17(19,20)13-5-4-12(10-21-13)22-15(26)11-25-16(27)7-6-14(23-25)24-8-2-1-3-9-24/h4-7,10H,1-3,8-9,11H2,(H,22,26). The number of piperidine rings is 1. The number of hydrogen-bond donors (Lipinski definition) is 1. The minimum absolute atomic E-state index is 0.105. The van der Waals surface area contributed by atoms with Gasteiger partial charge in [-0.05, 0) is 37.5 Å². The Labute approximate surface area is 152 Å². The highest BCUT2D eigenvalue weighted by Gasteiger charge is 2.32. The molecule has 0 aliphatic carbocycles. The van der Waals surface area contributed by atoms with E-state index in [4.69, 9.17) is 0 Å². The molecule has 27 heavy (non-hydrogen) atoms. The molecule has 0 aromatic carbocycles. The Hall–Kier alpha value is -2.91. The molecule has 0 bridgehead atoms. The molecule has 3 heterocycles. The molecule has 2 aromatic heterocycles. The van der Waals surface area contributed by atoms with E-state index in [0.717, 1.165) is 55.4 Å². The molecule has 1 fully saturated rings. The number of rotatable bonds is 4. The number of carbonyl (C=O) groups is 1. The zero-order valence-corrected chi connectivity index (χ0v) is 14.4. The van der Waals surface area contributed by atoms with E-state index < -0.39 is 23.3 Å². The van der Waals surface area contributed by atoms with Crippen LogP contribution in [0, 0.1) is 0 Å². The molecule has 144 valence electrons. The number of nitrogens with zero attached hydrogens (tertiary/aromatic N) is 4. The predicted octanol–water partition coefficient (Wildman–Crippen LogP) is 2.29. The van der Waals surface area contributed by atoms with E-state index in [1.165, 1.54) is 6.07 Å². The summed E-state index contributed by atoms with van der Waals surface area (Å²) in [5, 5.41) is 6.64. The fraction of sp³-hybridized carbons (Fsp3) is 0.412. The summed E-state index contributed by atoms with van der Waals surface area (Å²) >= 11 is 0. The van der Waals surface area contributed by atoms with Crippen LogP contribution < -0.4 is 15.8 Å². The molecule has 10 heteroatoms. The predicted molar refractivity (Wildman–Crippen MR) is 92.4 cm³/mol. The summed E-state index contributed by atoms with van der Waals surface area (Å²) in [6.45, 7) is 1.34. The summed E-state index contributed by atoms with van der Waals surface area (Å²) < 4.78 is 38.6. The van der Waals surface area contributed by atoms with Crippen molar-refractivity contribution in [1.82, 2.24) is 14.8 Å². The molecule has 0 atom stereocenters. The number of pyridine rings is 1. The molecule has 0 spiro atoms. The van der Waals surface area contributed by atoms with Crippen molar-refractivity contribution in [3.8, 4) is 0 Å². The van der Waals surface area contributed by atoms with Gasteiger partial charge in [0, 0.05) is 19.2 Å². The highest BCUT2D eigenvalue weighted by Crippen LogP contribution is 2.27. The van der Waals surface area contributed by atoms with Gasteiger partial charge >= 0.3 is 6.18 Å². The average molecular weight is 381 g/mol. The molecule has 1 saturated heterocycles. The van der Waals surface area contributed by atoms with Gasteiger partial charge in [-0.15, -0.1) is 0 Å². The molecule has 2 aromatic rings. The van der Waals surface area contributed by atoms with Crippen molar-refractivity contribution in [2.75, 3.05) is 23.3 Å². The van der Waals surface area contributed by atoms with Gasteiger partial charge in [0.15, 0.2) is 0 Å². The molecule has 1 aliphatic heterocycles. The second-order valence-corrected chi connectivity index (χ2v) is 6.21. The smallest absolute Gasteiger partial charge is 0.355 e. The van der Waals surface area contributed by atoms with Crippen molar-refractivity contribution in [2.45, 2.75) is 32.0 Å².